The number of nitrogens with zero attached hydrogens (tertiary/aromatic N) is 3. The van der Waals surface area contributed by atoms with E-state index in [2.05, 4.69) is 66.2 Å². The van der Waals surface area contributed by atoms with Crippen molar-refractivity contribution < 1.29 is 5.11 Å². The van der Waals surface area contributed by atoms with Gasteiger partial charge in [-0.1, -0.05) is 32.0 Å². The van der Waals surface area contributed by atoms with Crippen LogP contribution >= 0.6 is 0 Å². The molecule has 2 N–H and O–H groups in total. The third kappa shape index (κ3) is 6.52. The van der Waals surface area contributed by atoms with Crippen LogP contribution in [0, 0.1) is 11.8 Å². The number of hydrogen-bond acceptors (Lipinski definition) is 3. The van der Waals surface area contributed by atoms with Gasteiger partial charge in [-0.15, -0.1) is 0 Å². The average molecular weight is 361 g/mol. The highest BCUT2D eigenvalue weighted by molar-refractivity contribution is 5.80. The number of rotatable bonds is 8. The van der Waals surface area contributed by atoms with Gasteiger partial charge in [-0.3, -0.25) is 4.99 Å². The molecule has 1 aliphatic heterocycles. The summed E-state index contributed by atoms with van der Waals surface area (Å²) in [5.41, 5.74) is 1.30. The van der Waals surface area contributed by atoms with E-state index in [-0.39, 0.29) is 6.61 Å². The summed E-state index contributed by atoms with van der Waals surface area (Å²) in [6.07, 6.45) is 1.95. The summed E-state index contributed by atoms with van der Waals surface area (Å²) >= 11 is 0. The first-order valence-corrected chi connectivity index (χ1v) is 10.1. The third-order valence-electron chi connectivity index (χ3n) is 4.88. The summed E-state index contributed by atoms with van der Waals surface area (Å²) in [6.45, 7) is 12.5. The van der Waals surface area contributed by atoms with Crippen LogP contribution in [0.2, 0.25) is 0 Å². The third-order valence-corrected chi connectivity index (χ3v) is 4.88. The van der Waals surface area contributed by atoms with Crippen molar-refractivity contribution in [2.24, 2.45) is 16.8 Å². The van der Waals surface area contributed by atoms with Crippen LogP contribution in [0.4, 0.5) is 5.69 Å². The van der Waals surface area contributed by atoms with Crippen LogP contribution in [0.1, 0.15) is 33.6 Å². The van der Waals surface area contributed by atoms with E-state index < -0.39 is 0 Å². The van der Waals surface area contributed by atoms with Gasteiger partial charge in [0.25, 0.3) is 0 Å². The van der Waals surface area contributed by atoms with Gasteiger partial charge in [-0.25, -0.2) is 0 Å². The number of piperazine rings is 1. The Morgan fingerprint density at radius 2 is 1.85 bits per heavy atom. The zero-order chi connectivity index (χ0) is 18.8. The van der Waals surface area contributed by atoms with Gasteiger partial charge in [0, 0.05) is 51.6 Å². The Hall–Kier alpha value is -1.75. The number of aliphatic imine (C=N–C) groups is 1. The Morgan fingerprint density at radius 1 is 1.15 bits per heavy atom. The smallest absolute Gasteiger partial charge is 0.194 e. The molecule has 0 amide bonds. The van der Waals surface area contributed by atoms with Crippen LogP contribution in [0.25, 0.3) is 0 Å². The fraction of sp³-hybridized carbons (Fsp3) is 0.667. The lowest BCUT2D eigenvalue weighted by atomic mass is 9.94. The minimum atomic E-state index is 0.249. The molecule has 1 fully saturated rings. The molecule has 1 aromatic rings. The number of para-hydroxylation sites is 1. The Labute approximate surface area is 159 Å². The zero-order valence-corrected chi connectivity index (χ0v) is 16.7. The van der Waals surface area contributed by atoms with E-state index in [4.69, 9.17) is 4.99 Å². The van der Waals surface area contributed by atoms with Crippen molar-refractivity contribution in [3.05, 3.63) is 30.3 Å². The first-order chi connectivity index (χ1) is 12.6. The van der Waals surface area contributed by atoms with Crippen LogP contribution in [0.3, 0.4) is 0 Å². The fourth-order valence-corrected chi connectivity index (χ4v) is 3.59. The first kappa shape index (κ1) is 20.6. The minimum absolute atomic E-state index is 0.249. The largest absolute Gasteiger partial charge is 0.396 e. The Bertz CT molecular complexity index is 524. The standard InChI is InChI=1S/C21H36N4O/c1-4-22-21(23-17-19(10-15-26)16-18(2)3)25-13-11-24(12-14-25)20-8-6-5-7-9-20/h5-9,18-19,26H,4,10-17H2,1-3H3,(H,22,23). The lowest BCUT2D eigenvalue weighted by Gasteiger charge is -2.37. The molecular weight excluding hydrogens is 324 g/mol. The van der Waals surface area contributed by atoms with E-state index in [1.807, 2.05) is 0 Å². The number of anilines is 1. The van der Waals surface area contributed by atoms with Crippen LogP contribution in [-0.4, -0.2) is 61.8 Å². The lowest BCUT2D eigenvalue weighted by Crippen LogP contribution is -2.52. The van der Waals surface area contributed by atoms with Crippen molar-refractivity contribution >= 4 is 11.6 Å². The highest BCUT2D eigenvalue weighted by atomic mass is 16.3. The molecule has 0 radical (unpaired) electrons. The highest BCUT2D eigenvalue weighted by Gasteiger charge is 2.20. The second-order valence-electron chi connectivity index (χ2n) is 7.51. The summed E-state index contributed by atoms with van der Waals surface area (Å²) in [4.78, 5) is 9.72. The second-order valence-corrected chi connectivity index (χ2v) is 7.51. The molecule has 26 heavy (non-hydrogen) atoms. The molecule has 0 aliphatic carbocycles. The van der Waals surface area contributed by atoms with Crippen molar-refractivity contribution in [1.82, 2.24) is 10.2 Å². The summed E-state index contributed by atoms with van der Waals surface area (Å²) in [5.74, 6) is 2.12. The van der Waals surface area contributed by atoms with Gasteiger partial charge in [0.15, 0.2) is 5.96 Å². The van der Waals surface area contributed by atoms with Gasteiger partial charge in [0.1, 0.15) is 0 Å². The maximum absolute atomic E-state index is 9.32. The van der Waals surface area contributed by atoms with Crippen LogP contribution in [0.15, 0.2) is 35.3 Å². The molecule has 0 bridgehead atoms. The van der Waals surface area contributed by atoms with Crippen molar-refractivity contribution in [2.75, 3.05) is 50.8 Å². The molecule has 1 unspecified atom stereocenters. The molecule has 1 heterocycles. The van der Waals surface area contributed by atoms with Crippen molar-refractivity contribution in [3.8, 4) is 0 Å². The molecule has 5 nitrogen and oxygen atoms in total. The van der Waals surface area contributed by atoms with E-state index in [0.717, 1.165) is 58.1 Å². The number of nitrogens with one attached hydrogen (secondary N) is 1. The molecule has 1 saturated heterocycles. The van der Waals surface area contributed by atoms with Gasteiger partial charge in [0.2, 0.25) is 0 Å². The Balaban J connectivity index is 1.94. The van der Waals surface area contributed by atoms with Crippen molar-refractivity contribution in [2.45, 2.75) is 33.6 Å². The maximum Gasteiger partial charge on any atom is 0.194 e. The second kappa shape index (κ2) is 11.1. The van der Waals surface area contributed by atoms with E-state index in [1.54, 1.807) is 0 Å². The molecule has 1 aliphatic rings. The van der Waals surface area contributed by atoms with Crippen molar-refractivity contribution in [1.29, 1.82) is 0 Å². The normalized spacial score (nSPS) is 16.9. The van der Waals surface area contributed by atoms with Gasteiger partial charge < -0.3 is 20.2 Å². The molecule has 5 heteroatoms. The van der Waals surface area contributed by atoms with Gasteiger partial charge >= 0.3 is 0 Å². The zero-order valence-electron chi connectivity index (χ0n) is 16.7. The molecule has 146 valence electrons. The molecule has 0 saturated carbocycles. The number of hydrogen-bond donors (Lipinski definition) is 2. The van der Waals surface area contributed by atoms with Crippen LogP contribution in [0.5, 0.6) is 0 Å². The number of guanidine groups is 1. The van der Waals surface area contributed by atoms with E-state index in [1.165, 1.54) is 5.69 Å². The van der Waals surface area contributed by atoms with Gasteiger partial charge in [0.05, 0.1) is 0 Å². The Kier molecular flexibility index (Phi) is 8.75. The van der Waals surface area contributed by atoms with Crippen LogP contribution in [-0.2, 0) is 0 Å². The molecule has 2 rings (SSSR count). The fourth-order valence-electron chi connectivity index (χ4n) is 3.59. The number of aliphatic hydroxyl groups is 1. The summed E-state index contributed by atoms with van der Waals surface area (Å²) in [6, 6.07) is 10.6. The average Bonchev–Trinajstić information content (AvgIpc) is 2.65. The molecule has 0 spiro atoms. The molecular formula is C21H36N4O. The minimum Gasteiger partial charge on any atom is -0.396 e. The van der Waals surface area contributed by atoms with Gasteiger partial charge in [-0.2, -0.15) is 0 Å². The van der Waals surface area contributed by atoms with Crippen LogP contribution < -0.4 is 10.2 Å². The van der Waals surface area contributed by atoms with E-state index >= 15 is 0 Å². The predicted molar refractivity (Wildman–Crippen MR) is 111 cm³/mol. The summed E-state index contributed by atoms with van der Waals surface area (Å²) < 4.78 is 0. The topological polar surface area (TPSA) is 51.1 Å². The molecule has 1 aromatic carbocycles. The number of aliphatic hydroxyl groups excluding tert-OH is 1. The number of benzene rings is 1. The SMILES string of the molecule is CCNC(=NCC(CCO)CC(C)C)N1CCN(c2ccccc2)CC1. The lowest BCUT2D eigenvalue weighted by molar-refractivity contribution is 0.245. The summed E-state index contributed by atoms with van der Waals surface area (Å²) in [7, 11) is 0. The highest BCUT2D eigenvalue weighted by Crippen LogP contribution is 2.17. The maximum atomic E-state index is 9.32. The van der Waals surface area contributed by atoms with Crippen molar-refractivity contribution in [3.63, 3.8) is 0 Å². The Morgan fingerprint density at radius 3 is 2.42 bits per heavy atom. The molecule has 1 atom stereocenters. The summed E-state index contributed by atoms with van der Waals surface area (Å²) in [5, 5.41) is 12.8. The van der Waals surface area contributed by atoms with Gasteiger partial charge in [-0.05, 0) is 43.7 Å². The molecule has 0 aromatic heterocycles. The first-order valence-electron chi connectivity index (χ1n) is 10.1. The van der Waals surface area contributed by atoms with E-state index in [9.17, 15) is 5.11 Å². The monoisotopic (exact) mass is 360 g/mol. The quantitative estimate of drug-likeness (QED) is 0.553. The van der Waals surface area contributed by atoms with E-state index in [0.29, 0.717) is 11.8 Å². The predicted octanol–water partition coefficient (Wildman–Crippen LogP) is 2.82.